The molecule has 0 spiro atoms. The van der Waals surface area contributed by atoms with E-state index in [2.05, 4.69) is 0 Å². The van der Waals surface area contributed by atoms with Crippen molar-refractivity contribution < 1.29 is 23.0 Å². The molecule has 0 heterocycles. The highest BCUT2D eigenvalue weighted by molar-refractivity contribution is 4.84. The summed E-state index contributed by atoms with van der Waals surface area (Å²) in [6.45, 7) is -1.16. The quantitative estimate of drug-likeness (QED) is 0.268. The van der Waals surface area contributed by atoms with Crippen LogP contribution in [0.2, 0.25) is 0 Å². The summed E-state index contributed by atoms with van der Waals surface area (Å²) in [5, 5.41) is 9.21. The van der Waals surface area contributed by atoms with E-state index in [1.807, 2.05) is 0 Å². The lowest BCUT2D eigenvalue weighted by molar-refractivity contribution is 0.0243. The molecule has 14 heavy (non-hydrogen) atoms. The zero-order valence-corrected chi connectivity index (χ0v) is 7.11. The van der Waals surface area contributed by atoms with Gasteiger partial charge in [-0.05, 0) is 0 Å². The molecule has 0 aliphatic carbocycles. The van der Waals surface area contributed by atoms with Crippen LogP contribution in [0.1, 0.15) is 0 Å². The third kappa shape index (κ3) is 4.15. The van der Waals surface area contributed by atoms with Crippen molar-refractivity contribution in [3.63, 3.8) is 0 Å². The monoisotopic (exact) mass is 220 g/mol. The van der Waals surface area contributed by atoms with Gasteiger partial charge in [-0.1, -0.05) is 0 Å². The minimum absolute atomic E-state index is 0.581. The Kier molecular flexibility index (Phi) is 7.61. The van der Waals surface area contributed by atoms with Crippen LogP contribution in [0.15, 0.2) is 0 Å². The molecule has 0 saturated heterocycles. The fourth-order valence-corrected chi connectivity index (χ4v) is 0.894. The van der Waals surface area contributed by atoms with Gasteiger partial charge in [0.2, 0.25) is 0 Å². The van der Waals surface area contributed by atoms with Gasteiger partial charge >= 0.3 is 0 Å². The van der Waals surface area contributed by atoms with E-state index >= 15 is 0 Å². The molecule has 5 N–H and O–H groups in total. The molecular weight excluding hydrogens is 208 g/mol. The van der Waals surface area contributed by atoms with Gasteiger partial charge in [0.15, 0.2) is 0 Å². The average molecular weight is 220 g/mol. The van der Waals surface area contributed by atoms with Gasteiger partial charge in [-0.25, -0.2) is 0 Å². The first-order valence-electron chi connectivity index (χ1n) is 3.78. The maximum Gasteiger partial charge on any atom is 0.0924 e. The van der Waals surface area contributed by atoms with Gasteiger partial charge in [0.05, 0.1) is 18.2 Å². The van der Waals surface area contributed by atoms with Gasteiger partial charge in [0, 0.05) is 13.1 Å². The zero-order chi connectivity index (χ0) is 11.0. The third-order valence-corrected chi connectivity index (χ3v) is 1.70. The molecule has 0 amide bonds. The summed E-state index contributed by atoms with van der Waals surface area (Å²) in [6.07, 6.45) is -1.64. The van der Waals surface area contributed by atoms with E-state index in [0.29, 0.717) is 0 Å². The van der Waals surface area contributed by atoms with Crippen molar-refractivity contribution in [3.05, 3.63) is 0 Å². The molecule has 86 valence electrons. The Hall–Kier alpha value is -0.480. The molecule has 2 atom stereocenters. The Morgan fingerprint density at radius 1 is 0.857 bits per heavy atom. The summed E-state index contributed by atoms with van der Waals surface area (Å²) in [5.41, 5.74) is 4.32. The van der Waals surface area contributed by atoms with Crippen LogP contribution in [0, 0.1) is 0 Å². The van der Waals surface area contributed by atoms with Crippen LogP contribution in [0.5, 0.6) is 0 Å². The molecule has 0 aliphatic rings. The lowest BCUT2D eigenvalue weighted by Crippen LogP contribution is -2.54. The van der Waals surface area contributed by atoms with Crippen LogP contribution < -0.4 is 22.2 Å². The van der Waals surface area contributed by atoms with E-state index in [4.69, 9.17) is 0 Å². The molecule has 0 aromatic rings. The molecule has 0 rings (SSSR count). The fraction of sp³-hybridized carbons (Fsp3) is 1.00. The number of aliphatic hydroxyl groups excluding tert-OH is 1. The van der Waals surface area contributed by atoms with Gasteiger partial charge in [0.25, 0.3) is 0 Å². The van der Waals surface area contributed by atoms with Crippen molar-refractivity contribution in [1.82, 2.24) is 22.2 Å². The van der Waals surface area contributed by atoms with Crippen molar-refractivity contribution in [1.29, 1.82) is 0 Å². The number of aliphatic hydroxyl groups is 1. The minimum Gasteiger partial charge on any atom is -0.390 e. The van der Waals surface area contributed by atoms with Crippen molar-refractivity contribution in [3.8, 4) is 0 Å². The van der Waals surface area contributed by atoms with E-state index in [-0.39, 0.29) is 0 Å². The maximum absolute atomic E-state index is 12.0. The standard InChI is InChI=1S/C5H12F4N4O/c6-10-1-3(12-8)5(14)4(13-9)2-11-7/h3-5,10-14H,1-2H2. The van der Waals surface area contributed by atoms with E-state index < -0.39 is 31.3 Å². The van der Waals surface area contributed by atoms with Gasteiger partial charge in [-0.15, -0.1) is 17.9 Å². The second kappa shape index (κ2) is 7.88. The second-order valence-electron chi connectivity index (χ2n) is 2.60. The summed E-state index contributed by atoms with van der Waals surface area (Å²) >= 11 is 0. The lowest BCUT2D eigenvalue weighted by Gasteiger charge is -2.25. The molecule has 0 aliphatic heterocycles. The van der Waals surface area contributed by atoms with Crippen LogP contribution in [-0.2, 0) is 0 Å². The smallest absolute Gasteiger partial charge is 0.0924 e. The van der Waals surface area contributed by atoms with Crippen LogP contribution in [0.3, 0.4) is 0 Å². The van der Waals surface area contributed by atoms with Crippen LogP contribution in [0.25, 0.3) is 0 Å². The van der Waals surface area contributed by atoms with Crippen molar-refractivity contribution in [2.45, 2.75) is 18.2 Å². The zero-order valence-electron chi connectivity index (χ0n) is 7.11. The Labute approximate surface area is 77.6 Å². The van der Waals surface area contributed by atoms with E-state index in [0.717, 1.165) is 22.2 Å². The summed E-state index contributed by atoms with van der Waals surface area (Å²) in [7, 11) is 0. The summed E-state index contributed by atoms with van der Waals surface area (Å²) < 4.78 is 47.0. The Bertz CT molecular complexity index is 129. The number of rotatable bonds is 8. The van der Waals surface area contributed by atoms with Crippen LogP contribution >= 0.6 is 0 Å². The molecule has 5 nitrogen and oxygen atoms in total. The highest BCUT2D eigenvalue weighted by atomic mass is 19.2. The molecule has 0 aromatic carbocycles. The maximum atomic E-state index is 12.0. The van der Waals surface area contributed by atoms with Crippen molar-refractivity contribution in [2.75, 3.05) is 13.1 Å². The molecule has 0 saturated carbocycles. The molecule has 0 bridgehead atoms. The minimum atomic E-state index is -1.64. The Morgan fingerprint density at radius 3 is 1.43 bits per heavy atom. The number of halogens is 4. The summed E-state index contributed by atoms with van der Waals surface area (Å²) in [6, 6.07) is -2.77. The first-order chi connectivity index (χ1) is 6.71. The Morgan fingerprint density at radius 2 is 1.21 bits per heavy atom. The van der Waals surface area contributed by atoms with E-state index in [1.165, 1.54) is 0 Å². The number of hydrogen-bond donors (Lipinski definition) is 5. The number of nitrogens with one attached hydrogen (secondary N) is 4. The van der Waals surface area contributed by atoms with Gasteiger partial charge < -0.3 is 5.11 Å². The van der Waals surface area contributed by atoms with Crippen molar-refractivity contribution in [2.24, 2.45) is 0 Å². The second-order valence-corrected chi connectivity index (χ2v) is 2.60. The third-order valence-electron chi connectivity index (χ3n) is 1.70. The SMILES string of the molecule is OC(C(CNF)NF)C(CNF)NF. The molecule has 0 radical (unpaired) electrons. The van der Waals surface area contributed by atoms with E-state index in [9.17, 15) is 23.0 Å². The first-order valence-corrected chi connectivity index (χ1v) is 3.78. The lowest BCUT2D eigenvalue weighted by atomic mass is 10.0. The van der Waals surface area contributed by atoms with Crippen LogP contribution in [0.4, 0.5) is 17.9 Å². The fourth-order valence-electron chi connectivity index (χ4n) is 0.894. The van der Waals surface area contributed by atoms with Gasteiger partial charge in [0.1, 0.15) is 0 Å². The van der Waals surface area contributed by atoms with Gasteiger partial charge in [-0.2, -0.15) is 22.2 Å². The Balaban J connectivity index is 4.13. The molecule has 9 heteroatoms. The molecule has 2 unspecified atom stereocenters. The molecule has 0 aromatic heterocycles. The molecule has 0 fully saturated rings. The molecular formula is C5H12F4N4O. The summed E-state index contributed by atoms with van der Waals surface area (Å²) in [4.78, 5) is 0. The topological polar surface area (TPSA) is 68.3 Å². The number of hydrogen-bond acceptors (Lipinski definition) is 5. The largest absolute Gasteiger partial charge is 0.390 e. The van der Waals surface area contributed by atoms with Crippen molar-refractivity contribution >= 4 is 0 Å². The van der Waals surface area contributed by atoms with Crippen LogP contribution in [-0.4, -0.2) is 36.4 Å². The first kappa shape index (κ1) is 13.5. The normalized spacial score (nSPS) is 17.8. The average Bonchev–Trinajstić information content (AvgIpc) is 2.21. The van der Waals surface area contributed by atoms with E-state index in [1.54, 1.807) is 0 Å². The predicted molar refractivity (Wildman–Crippen MR) is 40.3 cm³/mol. The predicted octanol–water partition coefficient (Wildman–Crippen LogP) is -1.02. The summed E-state index contributed by atoms with van der Waals surface area (Å²) in [5.74, 6) is 0. The highest BCUT2D eigenvalue weighted by Gasteiger charge is 2.28. The highest BCUT2D eigenvalue weighted by Crippen LogP contribution is 2.00. The van der Waals surface area contributed by atoms with Gasteiger partial charge in [-0.3, -0.25) is 0 Å².